The van der Waals surface area contributed by atoms with Crippen LogP contribution in [0.15, 0.2) is 52.7 Å². The van der Waals surface area contributed by atoms with Crippen LogP contribution < -0.4 is 5.73 Å². The Balaban J connectivity index is 2.01. The molecule has 2 N–H and O–H groups in total. The third kappa shape index (κ3) is 1.94. The first-order valence-corrected chi connectivity index (χ1v) is 6.05. The molecular formula is C13H10N2OS. The molecule has 17 heavy (non-hydrogen) atoms. The fourth-order valence-electron chi connectivity index (χ4n) is 1.62. The first-order chi connectivity index (χ1) is 8.33. The van der Waals surface area contributed by atoms with Crippen molar-refractivity contribution in [1.82, 2.24) is 4.98 Å². The van der Waals surface area contributed by atoms with Crippen LogP contribution in [-0.2, 0) is 0 Å². The molecule has 0 aliphatic rings. The van der Waals surface area contributed by atoms with Gasteiger partial charge in [-0.3, -0.25) is 0 Å². The second kappa shape index (κ2) is 4.07. The maximum atomic E-state index is 5.76. The molecule has 1 aromatic carbocycles. The van der Waals surface area contributed by atoms with E-state index in [0.717, 1.165) is 27.5 Å². The molecular weight excluding hydrogens is 232 g/mol. The van der Waals surface area contributed by atoms with Gasteiger partial charge in [-0.05, 0) is 18.2 Å². The number of nitrogens with two attached hydrogens (primary N) is 1. The summed E-state index contributed by atoms with van der Waals surface area (Å²) in [5.74, 6) is 0. The number of rotatable bonds is 2. The first-order valence-electron chi connectivity index (χ1n) is 5.17. The maximum Gasteiger partial charge on any atom is 0.127 e. The van der Waals surface area contributed by atoms with E-state index in [-0.39, 0.29) is 0 Å². The summed E-state index contributed by atoms with van der Waals surface area (Å²) in [4.78, 5) is 4.57. The summed E-state index contributed by atoms with van der Waals surface area (Å²) in [5, 5.41) is 2.98. The van der Waals surface area contributed by atoms with Crippen LogP contribution in [0.2, 0.25) is 0 Å². The predicted molar refractivity (Wildman–Crippen MR) is 69.7 cm³/mol. The fraction of sp³-hybridized carbons (Fsp3) is 0. The van der Waals surface area contributed by atoms with Crippen molar-refractivity contribution in [3.05, 3.63) is 48.2 Å². The number of hydrogen-bond donors (Lipinski definition) is 1. The zero-order chi connectivity index (χ0) is 11.7. The summed E-state index contributed by atoms with van der Waals surface area (Å²) in [5.41, 5.74) is 9.49. The van der Waals surface area contributed by atoms with E-state index in [1.165, 1.54) is 0 Å². The van der Waals surface area contributed by atoms with E-state index in [1.807, 2.05) is 35.7 Å². The van der Waals surface area contributed by atoms with Gasteiger partial charge in [0.2, 0.25) is 0 Å². The Bertz CT molecular complexity index is 628. The maximum absolute atomic E-state index is 5.76. The van der Waals surface area contributed by atoms with Crippen molar-refractivity contribution in [2.24, 2.45) is 0 Å². The standard InChI is InChI=1S/C13H10N2OS/c14-11-3-1-2-9(6-11)12-8-17-13(15-12)10-4-5-16-7-10/h1-8H,14H2. The Kier molecular flexibility index (Phi) is 2.42. The molecule has 0 saturated carbocycles. The summed E-state index contributed by atoms with van der Waals surface area (Å²) in [6, 6.07) is 9.63. The molecule has 0 aliphatic heterocycles. The topological polar surface area (TPSA) is 52.0 Å². The summed E-state index contributed by atoms with van der Waals surface area (Å²) in [6.07, 6.45) is 3.35. The van der Waals surface area contributed by atoms with Gasteiger partial charge >= 0.3 is 0 Å². The monoisotopic (exact) mass is 242 g/mol. The highest BCUT2D eigenvalue weighted by Gasteiger charge is 2.07. The van der Waals surface area contributed by atoms with Gasteiger partial charge in [0.25, 0.3) is 0 Å². The second-order valence-electron chi connectivity index (χ2n) is 3.68. The summed E-state index contributed by atoms with van der Waals surface area (Å²) in [7, 11) is 0. The minimum Gasteiger partial charge on any atom is -0.472 e. The molecule has 4 heteroatoms. The molecule has 0 aliphatic carbocycles. The number of aromatic nitrogens is 1. The van der Waals surface area contributed by atoms with Gasteiger partial charge in [-0.2, -0.15) is 0 Å². The van der Waals surface area contributed by atoms with E-state index in [4.69, 9.17) is 10.2 Å². The highest BCUT2D eigenvalue weighted by molar-refractivity contribution is 7.13. The summed E-state index contributed by atoms with van der Waals surface area (Å²) in [6.45, 7) is 0. The van der Waals surface area contributed by atoms with Crippen molar-refractivity contribution in [2.75, 3.05) is 5.73 Å². The average Bonchev–Trinajstić information content (AvgIpc) is 3.00. The van der Waals surface area contributed by atoms with E-state index in [0.29, 0.717) is 0 Å². The molecule has 84 valence electrons. The van der Waals surface area contributed by atoms with Crippen molar-refractivity contribution in [1.29, 1.82) is 0 Å². The molecule has 0 unspecified atom stereocenters. The lowest BCUT2D eigenvalue weighted by Gasteiger charge is -1.97. The minimum absolute atomic E-state index is 0.750. The zero-order valence-electron chi connectivity index (χ0n) is 8.96. The minimum atomic E-state index is 0.750. The van der Waals surface area contributed by atoms with Crippen LogP contribution in [0.4, 0.5) is 5.69 Å². The van der Waals surface area contributed by atoms with Crippen molar-refractivity contribution < 1.29 is 4.42 Å². The number of benzene rings is 1. The number of anilines is 1. The molecule has 2 aromatic heterocycles. The lowest BCUT2D eigenvalue weighted by atomic mass is 10.1. The molecule has 3 aromatic rings. The first kappa shape index (κ1) is 10.1. The van der Waals surface area contributed by atoms with E-state index >= 15 is 0 Å². The van der Waals surface area contributed by atoms with Gasteiger partial charge in [0.1, 0.15) is 11.3 Å². The fourth-order valence-corrected chi connectivity index (χ4v) is 2.44. The number of thiazole rings is 1. The predicted octanol–water partition coefficient (Wildman–Crippen LogP) is 3.65. The summed E-state index contributed by atoms with van der Waals surface area (Å²) >= 11 is 1.60. The lowest BCUT2D eigenvalue weighted by Crippen LogP contribution is -1.85. The van der Waals surface area contributed by atoms with Crippen LogP contribution in [0.5, 0.6) is 0 Å². The van der Waals surface area contributed by atoms with Crippen LogP contribution in [-0.4, -0.2) is 4.98 Å². The Hall–Kier alpha value is -2.07. The number of nitrogens with zero attached hydrogens (tertiary/aromatic N) is 1. The van der Waals surface area contributed by atoms with Crippen molar-refractivity contribution in [3.63, 3.8) is 0 Å². The second-order valence-corrected chi connectivity index (χ2v) is 4.53. The van der Waals surface area contributed by atoms with Gasteiger partial charge in [-0.25, -0.2) is 4.98 Å². The van der Waals surface area contributed by atoms with Crippen LogP contribution >= 0.6 is 11.3 Å². The van der Waals surface area contributed by atoms with E-state index in [1.54, 1.807) is 23.9 Å². The van der Waals surface area contributed by atoms with Gasteiger partial charge in [0.15, 0.2) is 0 Å². The average molecular weight is 242 g/mol. The van der Waals surface area contributed by atoms with E-state index < -0.39 is 0 Å². The molecule has 0 bridgehead atoms. The van der Waals surface area contributed by atoms with Gasteiger partial charge in [-0.15, -0.1) is 11.3 Å². The molecule has 0 saturated heterocycles. The van der Waals surface area contributed by atoms with Crippen LogP contribution in [0, 0.1) is 0 Å². The molecule has 0 atom stereocenters. The molecule has 0 fully saturated rings. The zero-order valence-corrected chi connectivity index (χ0v) is 9.78. The normalized spacial score (nSPS) is 10.6. The SMILES string of the molecule is Nc1cccc(-c2csc(-c3ccoc3)n2)c1. The number of nitrogen functional groups attached to an aromatic ring is 1. The Morgan fingerprint density at radius 3 is 2.88 bits per heavy atom. The molecule has 3 rings (SSSR count). The largest absolute Gasteiger partial charge is 0.472 e. The van der Waals surface area contributed by atoms with Crippen LogP contribution in [0.25, 0.3) is 21.8 Å². The molecule has 2 heterocycles. The lowest BCUT2D eigenvalue weighted by molar-refractivity contribution is 0.568. The van der Waals surface area contributed by atoms with Gasteiger partial charge in [0.05, 0.1) is 12.0 Å². The van der Waals surface area contributed by atoms with Gasteiger partial charge < -0.3 is 10.2 Å². The quantitative estimate of drug-likeness (QED) is 0.698. The number of hydrogen-bond acceptors (Lipinski definition) is 4. The van der Waals surface area contributed by atoms with Gasteiger partial charge in [0, 0.05) is 22.2 Å². The third-order valence-corrected chi connectivity index (χ3v) is 3.35. The summed E-state index contributed by atoms with van der Waals surface area (Å²) < 4.78 is 5.05. The van der Waals surface area contributed by atoms with E-state index in [2.05, 4.69) is 4.98 Å². The Labute approximate surface area is 103 Å². The Morgan fingerprint density at radius 1 is 1.18 bits per heavy atom. The van der Waals surface area contributed by atoms with Crippen molar-refractivity contribution in [3.8, 4) is 21.8 Å². The molecule has 0 amide bonds. The van der Waals surface area contributed by atoms with Crippen LogP contribution in [0.3, 0.4) is 0 Å². The van der Waals surface area contributed by atoms with Gasteiger partial charge in [-0.1, -0.05) is 12.1 Å². The Morgan fingerprint density at radius 2 is 2.12 bits per heavy atom. The van der Waals surface area contributed by atoms with Crippen LogP contribution in [0.1, 0.15) is 0 Å². The van der Waals surface area contributed by atoms with Crippen molar-refractivity contribution in [2.45, 2.75) is 0 Å². The van der Waals surface area contributed by atoms with Crippen molar-refractivity contribution >= 4 is 17.0 Å². The third-order valence-electron chi connectivity index (χ3n) is 2.45. The highest BCUT2D eigenvalue weighted by atomic mass is 32.1. The molecule has 0 spiro atoms. The van der Waals surface area contributed by atoms with E-state index in [9.17, 15) is 0 Å². The molecule has 3 nitrogen and oxygen atoms in total. The smallest absolute Gasteiger partial charge is 0.127 e. The molecule has 0 radical (unpaired) electrons. The highest BCUT2D eigenvalue weighted by Crippen LogP contribution is 2.29. The number of furan rings is 1.